The molecule has 0 saturated carbocycles. The molecule has 0 radical (unpaired) electrons. The number of hydrogen-bond acceptors (Lipinski definition) is 6. The first-order valence-corrected chi connectivity index (χ1v) is 35.4. The van der Waals surface area contributed by atoms with Crippen LogP contribution in [-0.2, 0) is 18.4 Å². The Morgan fingerprint density at radius 3 is 1.11 bits per heavy atom. The number of amides is 1. The van der Waals surface area contributed by atoms with Crippen molar-refractivity contribution in [2.45, 2.75) is 321 Å². The molecule has 3 unspecified atom stereocenters. The van der Waals surface area contributed by atoms with Gasteiger partial charge in [0, 0.05) is 6.42 Å². The molecule has 0 bridgehead atoms. The third kappa shape index (κ3) is 63.3. The fourth-order valence-electron chi connectivity index (χ4n) is 9.91. The second-order valence-electron chi connectivity index (χ2n) is 24.2. The minimum Gasteiger partial charge on any atom is -0.756 e. The molecule has 3 atom stereocenters. The van der Waals surface area contributed by atoms with Gasteiger partial charge in [0.2, 0.25) is 5.91 Å². The van der Waals surface area contributed by atoms with Crippen molar-refractivity contribution in [3.05, 3.63) is 85.1 Å². The number of rotatable bonds is 62. The quantitative estimate of drug-likeness (QED) is 0.0272. The molecular weight excluding hydrogens is 1010 g/mol. The van der Waals surface area contributed by atoms with Crippen LogP contribution in [0, 0.1) is 0 Å². The van der Waals surface area contributed by atoms with Crippen LogP contribution < -0.4 is 10.2 Å². The Hall–Kier alpha value is -2.32. The summed E-state index contributed by atoms with van der Waals surface area (Å²) in [4.78, 5) is 25.6. The largest absolute Gasteiger partial charge is 0.756 e. The van der Waals surface area contributed by atoms with Crippen molar-refractivity contribution in [3.63, 3.8) is 0 Å². The van der Waals surface area contributed by atoms with Gasteiger partial charge in [-0.15, -0.1) is 0 Å². The first kappa shape index (κ1) is 77.7. The molecule has 0 aliphatic carbocycles. The number of hydrogen-bond donors (Lipinski definition) is 2. The molecule has 0 rings (SSSR count). The molecule has 0 aliphatic rings. The topological polar surface area (TPSA) is 108 Å². The third-order valence-electron chi connectivity index (χ3n) is 15.1. The number of nitrogens with zero attached hydrogens (tertiary/aromatic N) is 1. The first-order valence-electron chi connectivity index (χ1n) is 33.9. The molecule has 0 aliphatic heterocycles. The van der Waals surface area contributed by atoms with Crippen molar-refractivity contribution < 1.29 is 32.9 Å². The predicted octanol–water partition coefficient (Wildman–Crippen LogP) is 20.9. The molecule has 0 aromatic heterocycles. The van der Waals surface area contributed by atoms with Crippen LogP contribution in [0.15, 0.2) is 85.1 Å². The summed E-state index contributed by atoms with van der Waals surface area (Å²) in [7, 11) is 1.31. The monoisotopic (exact) mass is 1140 g/mol. The smallest absolute Gasteiger partial charge is 0.268 e. The number of allylic oxidation sites excluding steroid dienone is 14. The number of carbonyl (C=O) groups is 1. The molecule has 0 aromatic carbocycles. The Morgan fingerprint density at radius 1 is 0.450 bits per heavy atom. The summed E-state index contributed by atoms with van der Waals surface area (Å²) in [6.45, 7) is 4.64. The van der Waals surface area contributed by atoms with Crippen LogP contribution >= 0.6 is 7.82 Å². The summed E-state index contributed by atoms with van der Waals surface area (Å²) in [6, 6.07) is -0.805. The van der Waals surface area contributed by atoms with Gasteiger partial charge in [-0.05, 0) is 70.6 Å². The highest BCUT2D eigenvalue weighted by atomic mass is 31.2. The number of nitrogens with one attached hydrogen (secondary N) is 1. The fraction of sp³-hybridized carbons (Fsp3) is 0.789. The molecule has 1 amide bonds. The highest BCUT2D eigenvalue weighted by Crippen LogP contribution is 2.38. The second-order valence-corrected chi connectivity index (χ2v) is 25.6. The Kier molecular flexibility index (Phi) is 59.5. The predicted molar refractivity (Wildman–Crippen MR) is 348 cm³/mol. The van der Waals surface area contributed by atoms with E-state index >= 15 is 0 Å². The molecule has 0 aromatic rings. The van der Waals surface area contributed by atoms with Gasteiger partial charge in [0.15, 0.2) is 0 Å². The van der Waals surface area contributed by atoms with Crippen LogP contribution in [0.2, 0.25) is 0 Å². The lowest BCUT2D eigenvalue weighted by atomic mass is 10.0. The molecule has 9 heteroatoms. The van der Waals surface area contributed by atoms with Crippen LogP contribution in [0.3, 0.4) is 0 Å². The van der Waals surface area contributed by atoms with E-state index in [1.165, 1.54) is 199 Å². The number of aliphatic hydroxyl groups excluding tert-OH is 1. The number of likely N-dealkylation sites (N-methyl/N-ethyl adjacent to an activating group) is 1. The van der Waals surface area contributed by atoms with E-state index in [4.69, 9.17) is 9.05 Å². The number of quaternary nitrogens is 1. The number of unbranched alkanes of at least 4 members (excludes halogenated alkanes) is 35. The second kappa shape index (κ2) is 61.2. The van der Waals surface area contributed by atoms with Gasteiger partial charge in [-0.2, -0.15) is 0 Å². The summed E-state index contributed by atoms with van der Waals surface area (Å²) in [5.74, 6) is -0.163. The summed E-state index contributed by atoms with van der Waals surface area (Å²) in [5.41, 5.74) is 0. The van der Waals surface area contributed by atoms with Crippen molar-refractivity contribution in [1.29, 1.82) is 0 Å². The van der Waals surface area contributed by atoms with E-state index in [0.29, 0.717) is 23.9 Å². The third-order valence-corrected chi connectivity index (χ3v) is 16.1. The average Bonchev–Trinajstić information content (AvgIpc) is 3.42. The van der Waals surface area contributed by atoms with Gasteiger partial charge in [0.25, 0.3) is 7.82 Å². The minimum atomic E-state index is -4.58. The maximum atomic E-state index is 13.0. The van der Waals surface area contributed by atoms with E-state index in [-0.39, 0.29) is 19.1 Å². The zero-order valence-electron chi connectivity index (χ0n) is 53.3. The van der Waals surface area contributed by atoms with Crippen LogP contribution in [0.25, 0.3) is 0 Å². The van der Waals surface area contributed by atoms with E-state index < -0.39 is 20.0 Å². The summed E-state index contributed by atoms with van der Waals surface area (Å²) < 4.78 is 23.5. The van der Waals surface area contributed by atoms with E-state index in [0.717, 1.165) is 83.5 Å². The Balaban J connectivity index is 4.03. The highest BCUT2D eigenvalue weighted by Gasteiger charge is 2.24. The zero-order valence-corrected chi connectivity index (χ0v) is 54.2. The number of carbonyl (C=O) groups excluding carboxylic acids is 1. The Labute approximate surface area is 497 Å². The van der Waals surface area contributed by atoms with Gasteiger partial charge >= 0.3 is 0 Å². The van der Waals surface area contributed by atoms with Crippen LogP contribution in [0.5, 0.6) is 0 Å². The molecule has 0 fully saturated rings. The highest BCUT2D eigenvalue weighted by molar-refractivity contribution is 7.45. The number of aliphatic hydroxyl groups is 1. The fourth-order valence-corrected chi connectivity index (χ4v) is 10.6. The lowest BCUT2D eigenvalue weighted by Gasteiger charge is -2.30. The average molecular weight is 1140 g/mol. The number of phosphoric ester groups is 1. The number of phosphoric acid groups is 1. The molecule has 2 N–H and O–H groups in total. The van der Waals surface area contributed by atoms with E-state index in [1.807, 2.05) is 21.1 Å². The molecular formula is C71H131N2O6P. The lowest BCUT2D eigenvalue weighted by Crippen LogP contribution is -2.46. The van der Waals surface area contributed by atoms with Crippen molar-refractivity contribution in [1.82, 2.24) is 5.32 Å². The van der Waals surface area contributed by atoms with Gasteiger partial charge in [0.1, 0.15) is 13.2 Å². The SMILES string of the molecule is CC/C=C\C/C=C\C/C=C\C/C=C\C/C=C\C/C=C\C/C=C\CCCCCCCCCCCCCCCCCC(=O)NC(COP(=O)([O-])OCC[N+](C)(C)C)C(O)CCCCCCCCCCCCCCCCCCCCCCC. The van der Waals surface area contributed by atoms with Crippen LogP contribution in [0.4, 0.5) is 0 Å². The molecule has 466 valence electrons. The van der Waals surface area contributed by atoms with E-state index in [2.05, 4.69) is 104 Å². The van der Waals surface area contributed by atoms with Crippen LogP contribution in [-0.4, -0.2) is 68.5 Å². The van der Waals surface area contributed by atoms with Crippen molar-refractivity contribution in [3.8, 4) is 0 Å². The van der Waals surface area contributed by atoms with Crippen molar-refractivity contribution in [2.24, 2.45) is 0 Å². The van der Waals surface area contributed by atoms with Gasteiger partial charge in [-0.25, -0.2) is 0 Å². The molecule has 0 saturated heterocycles. The van der Waals surface area contributed by atoms with Gasteiger partial charge < -0.3 is 28.8 Å². The first-order chi connectivity index (χ1) is 39.0. The zero-order chi connectivity index (χ0) is 58.4. The normalized spacial score (nSPS) is 14.2. The standard InChI is InChI=1S/C71H131N2O6P/c1-6-8-10-12-14-16-18-20-22-24-26-28-29-30-31-32-33-34-35-36-37-38-39-40-41-42-43-45-47-49-51-53-55-57-59-61-63-65-71(75)72-69(68-79-80(76,77)78-67-66-73(3,4)5)70(74)64-62-60-58-56-54-52-50-48-46-44-27-25-23-21-19-17-15-13-11-9-7-2/h8,10,14,16,20,22,26,28,30-31,33-34,36-37,69-70,74H,6-7,9,11-13,15,17-19,21,23-25,27,29,32,35,38-68H2,1-5H3,(H-,72,75,76,77)/b10-8-,16-14-,22-20-,28-26-,31-30-,34-33-,37-36-. The van der Waals surface area contributed by atoms with Gasteiger partial charge in [-0.3, -0.25) is 9.36 Å². The summed E-state index contributed by atoms with van der Waals surface area (Å²) >= 11 is 0. The van der Waals surface area contributed by atoms with E-state index in [1.54, 1.807) is 0 Å². The van der Waals surface area contributed by atoms with Crippen LogP contribution in [0.1, 0.15) is 309 Å². The minimum absolute atomic E-state index is 0.0109. The maximum absolute atomic E-state index is 13.0. The molecule has 0 spiro atoms. The van der Waals surface area contributed by atoms with Crippen molar-refractivity contribution in [2.75, 3.05) is 40.9 Å². The molecule has 8 nitrogen and oxygen atoms in total. The van der Waals surface area contributed by atoms with Crippen molar-refractivity contribution >= 4 is 13.7 Å². The lowest BCUT2D eigenvalue weighted by molar-refractivity contribution is -0.870. The molecule has 80 heavy (non-hydrogen) atoms. The molecule has 0 heterocycles. The van der Waals surface area contributed by atoms with E-state index in [9.17, 15) is 19.4 Å². The van der Waals surface area contributed by atoms with Gasteiger partial charge in [-0.1, -0.05) is 317 Å². The maximum Gasteiger partial charge on any atom is 0.268 e. The Bertz CT molecular complexity index is 1580. The Morgan fingerprint density at radius 2 is 0.762 bits per heavy atom. The van der Waals surface area contributed by atoms with Gasteiger partial charge in [0.05, 0.1) is 39.9 Å². The summed E-state index contributed by atoms with van der Waals surface area (Å²) in [5, 5.41) is 14.1. The summed E-state index contributed by atoms with van der Waals surface area (Å²) in [6.07, 6.45) is 86.4.